The first-order valence-electron chi connectivity index (χ1n) is 10.4. The summed E-state index contributed by atoms with van der Waals surface area (Å²) in [6.45, 7) is 3.08. The predicted octanol–water partition coefficient (Wildman–Crippen LogP) is 3.26. The lowest BCUT2D eigenvalue weighted by atomic mass is 10.3. The van der Waals surface area contributed by atoms with E-state index >= 15 is 0 Å². The Bertz CT molecular complexity index is 1330. The minimum Gasteiger partial charge on any atom is -0.482 e. The number of thiophene rings is 1. The lowest BCUT2D eigenvalue weighted by Gasteiger charge is -2.34. The second kappa shape index (κ2) is 9.60. The van der Waals surface area contributed by atoms with Crippen LogP contribution in [0, 0.1) is 0 Å². The highest BCUT2D eigenvalue weighted by Gasteiger charge is 2.22. The fraction of sp³-hybridized carbons (Fsp3) is 0.273. The molecule has 0 unspecified atom stereocenters. The summed E-state index contributed by atoms with van der Waals surface area (Å²) in [4.78, 5) is 35.3. The zero-order valence-corrected chi connectivity index (χ0v) is 19.9. The summed E-state index contributed by atoms with van der Waals surface area (Å²) in [6, 6.07) is 12.6. The Morgan fingerprint density at radius 2 is 1.94 bits per heavy atom. The van der Waals surface area contributed by atoms with E-state index in [0.29, 0.717) is 54.2 Å². The van der Waals surface area contributed by atoms with Gasteiger partial charge in [-0.15, -0.1) is 11.3 Å². The van der Waals surface area contributed by atoms with Gasteiger partial charge in [0.05, 0.1) is 15.6 Å². The maximum Gasteiger partial charge on any atom is 0.275 e. The van der Waals surface area contributed by atoms with Gasteiger partial charge in [-0.1, -0.05) is 41.1 Å². The zero-order chi connectivity index (χ0) is 22.8. The minimum absolute atomic E-state index is 0.0450. The van der Waals surface area contributed by atoms with Crippen LogP contribution >= 0.6 is 34.3 Å². The van der Waals surface area contributed by atoms with Crippen LogP contribution in [-0.4, -0.2) is 63.1 Å². The number of ether oxygens (including phenoxy) is 1. The molecular formula is C22H20ClN5O3S2. The number of hydrogen-bond acceptors (Lipinski definition) is 8. The number of amides is 1. The Balaban J connectivity index is 1.18. The van der Waals surface area contributed by atoms with Gasteiger partial charge in [0.15, 0.2) is 11.6 Å². The van der Waals surface area contributed by atoms with Gasteiger partial charge in [0.2, 0.25) is 4.96 Å². The summed E-state index contributed by atoms with van der Waals surface area (Å²) < 4.78 is 6.93. The standard InChI is InChI=1S/C22H20ClN5O3S2/c23-16-4-1-2-5-17(16)31-14-20(30)27-9-7-26(8-10-27)13-15-12-19(29)28-22(24-15)33-21(25-28)18-6-3-11-32-18/h1-6,11-12H,7-10,13-14H2. The molecule has 0 saturated carbocycles. The molecule has 1 saturated heterocycles. The third-order valence-electron chi connectivity index (χ3n) is 5.33. The monoisotopic (exact) mass is 501 g/mol. The fourth-order valence-corrected chi connectivity index (χ4v) is 5.52. The molecule has 1 amide bonds. The first kappa shape index (κ1) is 22.0. The highest BCUT2D eigenvalue weighted by atomic mass is 35.5. The minimum atomic E-state index is -0.181. The lowest BCUT2D eigenvalue weighted by molar-refractivity contribution is -0.135. The second-order valence-electron chi connectivity index (χ2n) is 7.54. The van der Waals surface area contributed by atoms with Crippen molar-refractivity contribution in [2.24, 2.45) is 0 Å². The van der Waals surface area contributed by atoms with Crippen LogP contribution in [0.1, 0.15) is 5.69 Å². The number of para-hydroxylation sites is 1. The summed E-state index contributed by atoms with van der Waals surface area (Å²) >= 11 is 9.07. The molecule has 1 fully saturated rings. The van der Waals surface area contributed by atoms with Crippen molar-refractivity contribution < 1.29 is 9.53 Å². The van der Waals surface area contributed by atoms with Crippen molar-refractivity contribution in [1.29, 1.82) is 0 Å². The van der Waals surface area contributed by atoms with Crippen molar-refractivity contribution in [2.75, 3.05) is 32.8 Å². The topological polar surface area (TPSA) is 80.0 Å². The molecule has 0 N–H and O–H groups in total. The molecule has 1 aromatic carbocycles. The van der Waals surface area contributed by atoms with Gasteiger partial charge in [-0.25, -0.2) is 4.98 Å². The Morgan fingerprint density at radius 1 is 1.12 bits per heavy atom. The van der Waals surface area contributed by atoms with Crippen LogP contribution < -0.4 is 10.3 Å². The fourth-order valence-electron chi connectivity index (χ4n) is 3.61. The number of hydrogen-bond donors (Lipinski definition) is 0. The lowest BCUT2D eigenvalue weighted by Crippen LogP contribution is -2.49. The maximum atomic E-state index is 12.6. The number of benzene rings is 1. The molecule has 0 aliphatic carbocycles. The second-order valence-corrected chi connectivity index (χ2v) is 9.85. The average molecular weight is 502 g/mol. The molecule has 4 aromatic rings. The van der Waals surface area contributed by atoms with Crippen molar-refractivity contribution >= 4 is 45.1 Å². The van der Waals surface area contributed by atoms with Gasteiger partial charge in [0.1, 0.15) is 5.75 Å². The molecule has 5 rings (SSSR count). The van der Waals surface area contributed by atoms with Crippen LogP contribution in [-0.2, 0) is 11.3 Å². The summed E-state index contributed by atoms with van der Waals surface area (Å²) in [5, 5.41) is 7.67. The molecule has 1 aliphatic rings. The number of carbonyl (C=O) groups excluding carboxylic acids is 1. The number of fused-ring (bicyclic) bond motifs is 1. The zero-order valence-electron chi connectivity index (χ0n) is 17.5. The van der Waals surface area contributed by atoms with Gasteiger partial charge in [0, 0.05) is 38.8 Å². The highest BCUT2D eigenvalue weighted by molar-refractivity contribution is 7.23. The van der Waals surface area contributed by atoms with Gasteiger partial charge in [-0.2, -0.15) is 9.61 Å². The van der Waals surface area contributed by atoms with Crippen LogP contribution in [0.15, 0.2) is 52.6 Å². The number of halogens is 1. The molecule has 8 nitrogen and oxygen atoms in total. The molecule has 0 bridgehead atoms. The van der Waals surface area contributed by atoms with E-state index in [9.17, 15) is 9.59 Å². The number of piperazine rings is 1. The van der Waals surface area contributed by atoms with E-state index in [1.54, 1.807) is 34.4 Å². The van der Waals surface area contributed by atoms with E-state index in [1.807, 2.05) is 29.6 Å². The summed E-state index contributed by atoms with van der Waals surface area (Å²) in [5.41, 5.74) is 0.530. The van der Waals surface area contributed by atoms with Crippen LogP contribution in [0.3, 0.4) is 0 Å². The van der Waals surface area contributed by atoms with Crippen molar-refractivity contribution in [3.8, 4) is 15.6 Å². The summed E-state index contributed by atoms with van der Waals surface area (Å²) in [5.74, 6) is 0.433. The molecular weight excluding hydrogens is 482 g/mol. The quantitative estimate of drug-likeness (QED) is 0.403. The average Bonchev–Trinajstić information content (AvgIpc) is 3.49. The predicted molar refractivity (Wildman–Crippen MR) is 129 cm³/mol. The molecule has 4 heterocycles. The number of aromatic nitrogens is 3. The molecule has 170 valence electrons. The molecule has 0 radical (unpaired) electrons. The van der Waals surface area contributed by atoms with Crippen LogP contribution in [0.4, 0.5) is 0 Å². The molecule has 0 spiro atoms. The Labute approximate surface area is 202 Å². The van der Waals surface area contributed by atoms with Crippen LogP contribution in [0.2, 0.25) is 5.02 Å². The van der Waals surface area contributed by atoms with Gasteiger partial charge in [-0.05, 0) is 23.6 Å². The van der Waals surface area contributed by atoms with E-state index < -0.39 is 0 Å². The van der Waals surface area contributed by atoms with Gasteiger partial charge >= 0.3 is 0 Å². The smallest absolute Gasteiger partial charge is 0.275 e. The van der Waals surface area contributed by atoms with Gasteiger partial charge < -0.3 is 9.64 Å². The van der Waals surface area contributed by atoms with E-state index in [1.165, 1.54) is 15.9 Å². The maximum absolute atomic E-state index is 12.6. The third kappa shape index (κ3) is 4.93. The first-order valence-corrected chi connectivity index (χ1v) is 12.5. The van der Waals surface area contributed by atoms with Gasteiger partial charge in [0.25, 0.3) is 11.5 Å². The van der Waals surface area contributed by atoms with Crippen molar-refractivity contribution in [1.82, 2.24) is 24.4 Å². The van der Waals surface area contributed by atoms with E-state index in [2.05, 4.69) is 15.0 Å². The number of nitrogens with zero attached hydrogens (tertiary/aromatic N) is 5. The van der Waals surface area contributed by atoms with Crippen molar-refractivity contribution in [3.63, 3.8) is 0 Å². The Morgan fingerprint density at radius 3 is 2.70 bits per heavy atom. The Hall–Kier alpha value is -2.79. The van der Waals surface area contributed by atoms with Crippen molar-refractivity contribution in [2.45, 2.75) is 6.54 Å². The van der Waals surface area contributed by atoms with Crippen molar-refractivity contribution in [3.05, 3.63) is 68.9 Å². The summed E-state index contributed by atoms with van der Waals surface area (Å²) in [6.07, 6.45) is 0. The van der Waals surface area contributed by atoms with Crippen LogP contribution in [0.25, 0.3) is 14.8 Å². The van der Waals surface area contributed by atoms with Crippen LogP contribution in [0.5, 0.6) is 5.75 Å². The van der Waals surface area contributed by atoms with E-state index in [-0.39, 0.29) is 18.1 Å². The summed E-state index contributed by atoms with van der Waals surface area (Å²) in [7, 11) is 0. The third-order valence-corrected chi connectivity index (χ3v) is 7.59. The molecule has 1 aliphatic heterocycles. The number of carbonyl (C=O) groups is 1. The Kier molecular flexibility index (Phi) is 6.41. The van der Waals surface area contributed by atoms with E-state index in [0.717, 1.165) is 9.88 Å². The largest absolute Gasteiger partial charge is 0.482 e. The molecule has 11 heteroatoms. The van der Waals surface area contributed by atoms with E-state index in [4.69, 9.17) is 16.3 Å². The highest BCUT2D eigenvalue weighted by Crippen LogP contribution is 2.28. The normalized spacial score (nSPS) is 14.6. The number of rotatable bonds is 6. The molecule has 3 aromatic heterocycles. The SMILES string of the molecule is O=C(COc1ccccc1Cl)N1CCN(Cc2cc(=O)n3nc(-c4cccs4)sc3n2)CC1. The molecule has 0 atom stereocenters. The first-order chi connectivity index (χ1) is 16.1. The molecule has 33 heavy (non-hydrogen) atoms. The van der Waals surface area contributed by atoms with Gasteiger partial charge in [-0.3, -0.25) is 14.5 Å².